The van der Waals surface area contributed by atoms with Gasteiger partial charge in [-0.15, -0.1) is 0 Å². The van der Waals surface area contributed by atoms with Gasteiger partial charge < -0.3 is 10.6 Å². The number of benzene rings is 2. The van der Waals surface area contributed by atoms with Crippen LogP contribution in [-0.4, -0.2) is 15.9 Å². The Morgan fingerprint density at radius 1 is 1.04 bits per heavy atom. The fourth-order valence-electron chi connectivity index (χ4n) is 2.71. The molecule has 0 saturated heterocycles. The molecule has 3 rings (SSSR count). The topological polar surface area (TPSA) is 66.9 Å². The van der Waals surface area contributed by atoms with Crippen molar-refractivity contribution < 1.29 is 4.79 Å². The molecule has 1 heterocycles. The van der Waals surface area contributed by atoms with Gasteiger partial charge in [-0.05, 0) is 48.2 Å². The van der Waals surface area contributed by atoms with Gasteiger partial charge in [-0.25, -0.2) is 9.97 Å². The Bertz CT molecular complexity index is 955. The molecule has 0 aliphatic rings. The lowest BCUT2D eigenvalue weighted by Gasteiger charge is -2.13. The molecule has 0 saturated carbocycles. The third kappa shape index (κ3) is 4.63. The number of carbonyl (C=O) groups excluding carboxylic acids is 1. The lowest BCUT2D eigenvalue weighted by atomic mass is 10.0. The van der Waals surface area contributed by atoms with Gasteiger partial charge in [0.15, 0.2) is 0 Å². The third-order valence-electron chi connectivity index (χ3n) is 4.18. The number of anilines is 3. The maximum Gasteiger partial charge on any atom is 0.258 e. The van der Waals surface area contributed by atoms with E-state index in [1.165, 1.54) is 18.0 Å². The smallest absolute Gasteiger partial charge is 0.258 e. The largest absolute Gasteiger partial charge is 0.324 e. The molecule has 1 amide bonds. The maximum absolute atomic E-state index is 12.4. The molecule has 3 aromatic rings. The van der Waals surface area contributed by atoms with Crippen molar-refractivity contribution in [3.8, 4) is 0 Å². The van der Waals surface area contributed by atoms with Gasteiger partial charge in [-0.3, -0.25) is 4.79 Å². The van der Waals surface area contributed by atoms with Gasteiger partial charge in [0.05, 0.1) is 5.56 Å². The van der Waals surface area contributed by atoms with Crippen molar-refractivity contribution in [3.05, 3.63) is 76.6 Å². The average Bonchev–Trinajstić information content (AvgIpc) is 2.65. The highest BCUT2D eigenvalue weighted by Gasteiger charge is 2.11. The summed E-state index contributed by atoms with van der Waals surface area (Å²) in [6, 6.07) is 13.3. The van der Waals surface area contributed by atoms with Gasteiger partial charge in [-0.1, -0.05) is 43.6 Å². The van der Waals surface area contributed by atoms with Gasteiger partial charge >= 0.3 is 0 Å². The van der Waals surface area contributed by atoms with E-state index in [1.54, 1.807) is 18.2 Å². The molecule has 0 spiro atoms. The molecular formula is C21H21ClN4O. The summed E-state index contributed by atoms with van der Waals surface area (Å²) in [5.41, 5.74) is 4.12. The van der Waals surface area contributed by atoms with Crippen LogP contribution in [0.25, 0.3) is 0 Å². The Hall–Kier alpha value is -2.92. The zero-order valence-corrected chi connectivity index (χ0v) is 16.2. The normalized spacial score (nSPS) is 10.7. The average molecular weight is 381 g/mol. The van der Waals surface area contributed by atoms with E-state index in [0.717, 1.165) is 11.3 Å². The Balaban J connectivity index is 1.73. The van der Waals surface area contributed by atoms with Crippen LogP contribution < -0.4 is 10.6 Å². The molecule has 0 atom stereocenters. The van der Waals surface area contributed by atoms with Crippen molar-refractivity contribution in [3.63, 3.8) is 0 Å². The monoisotopic (exact) mass is 380 g/mol. The highest BCUT2D eigenvalue weighted by Crippen LogP contribution is 2.25. The van der Waals surface area contributed by atoms with Crippen LogP contribution in [0.15, 0.2) is 54.9 Å². The summed E-state index contributed by atoms with van der Waals surface area (Å²) in [7, 11) is 0. The van der Waals surface area contributed by atoms with Crippen LogP contribution in [0.5, 0.6) is 0 Å². The van der Waals surface area contributed by atoms with E-state index in [1.807, 2.05) is 25.1 Å². The number of aromatic nitrogens is 2. The predicted octanol–water partition coefficient (Wildman–Crippen LogP) is 5.56. The van der Waals surface area contributed by atoms with Crippen molar-refractivity contribution in [2.24, 2.45) is 0 Å². The molecule has 2 N–H and O–H groups in total. The van der Waals surface area contributed by atoms with Crippen molar-refractivity contribution >= 4 is 34.8 Å². The highest BCUT2D eigenvalue weighted by molar-refractivity contribution is 6.30. The molecule has 0 aliphatic carbocycles. The van der Waals surface area contributed by atoms with Crippen LogP contribution in [0.2, 0.25) is 5.02 Å². The first-order valence-corrected chi connectivity index (χ1v) is 9.07. The second-order valence-corrected chi connectivity index (χ2v) is 7.01. The molecule has 0 radical (unpaired) electrons. The standard InChI is InChI=1S/C21H21ClN4O/c1-13(2)17-6-4-5-7-19(17)26-21-23-11-15(12-24-21)20(27)25-18-9-8-16(22)10-14(18)3/h4-13H,1-3H3,(H,25,27)(H,23,24,26). The molecule has 5 nitrogen and oxygen atoms in total. The summed E-state index contributed by atoms with van der Waals surface area (Å²) in [4.78, 5) is 21.0. The fraction of sp³-hybridized carbons (Fsp3) is 0.190. The number of nitrogens with zero attached hydrogens (tertiary/aromatic N) is 2. The summed E-state index contributed by atoms with van der Waals surface area (Å²) in [5, 5.41) is 6.70. The third-order valence-corrected chi connectivity index (χ3v) is 4.42. The zero-order chi connectivity index (χ0) is 19.4. The second-order valence-electron chi connectivity index (χ2n) is 6.58. The number of nitrogens with one attached hydrogen (secondary N) is 2. The second kappa shape index (κ2) is 8.18. The van der Waals surface area contributed by atoms with Gasteiger partial charge in [-0.2, -0.15) is 0 Å². The van der Waals surface area contributed by atoms with E-state index in [2.05, 4.69) is 40.5 Å². The van der Waals surface area contributed by atoms with E-state index >= 15 is 0 Å². The SMILES string of the molecule is Cc1cc(Cl)ccc1NC(=O)c1cnc(Nc2ccccc2C(C)C)nc1. The fourth-order valence-corrected chi connectivity index (χ4v) is 2.93. The molecule has 1 aromatic heterocycles. The van der Waals surface area contributed by atoms with Gasteiger partial charge in [0, 0.05) is 28.8 Å². The molecule has 0 fully saturated rings. The first kappa shape index (κ1) is 18.9. The number of hydrogen-bond donors (Lipinski definition) is 2. The maximum atomic E-state index is 12.4. The van der Waals surface area contributed by atoms with E-state index in [0.29, 0.717) is 28.1 Å². The molecule has 138 valence electrons. The van der Waals surface area contributed by atoms with Crippen LogP contribution in [-0.2, 0) is 0 Å². The number of hydrogen-bond acceptors (Lipinski definition) is 4. The Morgan fingerprint density at radius 2 is 1.74 bits per heavy atom. The van der Waals surface area contributed by atoms with Crippen molar-refractivity contribution in [1.29, 1.82) is 0 Å². The first-order chi connectivity index (χ1) is 12.9. The number of rotatable bonds is 5. The van der Waals surface area contributed by atoms with Crippen molar-refractivity contribution in [2.45, 2.75) is 26.7 Å². The Morgan fingerprint density at radius 3 is 2.41 bits per heavy atom. The van der Waals surface area contributed by atoms with Crippen LogP contribution in [0.4, 0.5) is 17.3 Å². The van der Waals surface area contributed by atoms with Gasteiger partial charge in [0.25, 0.3) is 5.91 Å². The molecule has 0 bridgehead atoms. The summed E-state index contributed by atoms with van der Waals surface area (Å²) >= 11 is 5.95. The zero-order valence-electron chi connectivity index (χ0n) is 15.5. The minimum atomic E-state index is -0.269. The van der Waals surface area contributed by atoms with Crippen molar-refractivity contribution in [2.75, 3.05) is 10.6 Å². The summed E-state index contributed by atoms with van der Waals surface area (Å²) in [5.74, 6) is 0.554. The summed E-state index contributed by atoms with van der Waals surface area (Å²) in [6.07, 6.45) is 3.02. The molecule has 27 heavy (non-hydrogen) atoms. The number of amides is 1. The molecule has 0 aliphatic heterocycles. The van der Waals surface area contributed by atoms with Crippen LogP contribution in [0.3, 0.4) is 0 Å². The number of carbonyl (C=O) groups is 1. The number of para-hydroxylation sites is 1. The Labute approximate surface area is 163 Å². The number of aryl methyl sites for hydroxylation is 1. The van der Waals surface area contributed by atoms with Crippen LogP contribution in [0, 0.1) is 6.92 Å². The summed E-state index contributed by atoms with van der Waals surface area (Å²) in [6.45, 7) is 6.15. The first-order valence-electron chi connectivity index (χ1n) is 8.69. The lowest BCUT2D eigenvalue weighted by molar-refractivity contribution is 0.102. The number of halogens is 1. The minimum Gasteiger partial charge on any atom is -0.324 e. The van der Waals surface area contributed by atoms with E-state index < -0.39 is 0 Å². The minimum absolute atomic E-state index is 0.269. The van der Waals surface area contributed by atoms with Gasteiger partial charge in [0.1, 0.15) is 0 Å². The van der Waals surface area contributed by atoms with Crippen LogP contribution >= 0.6 is 11.6 Å². The van der Waals surface area contributed by atoms with E-state index in [9.17, 15) is 4.79 Å². The predicted molar refractivity (Wildman–Crippen MR) is 110 cm³/mol. The Kier molecular flexibility index (Phi) is 5.72. The quantitative estimate of drug-likeness (QED) is 0.608. The highest BCUT2D eigenvalue weighted by atomic mass is 35.5. The molecular weight excluding hydrogens is 360 g/mol. The summed E-state index contributed by atoms with van der Waals surface area (Å²) < 4.78 is 0. The van der Waals surface area contributed by atoms with Gasteiger partial charge in [0.2, 0.25) is 5.95 Å². The lowest BCUT2D eigenvalue weighted by Crippen LogP contribution is -2.14. The molecule has 2 aromatic carbocycles. The molecule has 0 unspecified atom stereocenters. The van der Waals surface area contributed by atoms with E-state index in [-0.39, 0.29) is 5.91 Å². The van der Waals surface area contributed by atoms with Crippen molar-refractivity contribution in [1.82, 2.24) is 9.97 Å². The van der Waals surface area contributed by atoms with Crippen LogP contribution in [0.1, 0.15) is 41.3 Å². The molecule has 6 heteroatoms. The van der Waals surface area contributed by atoms with E-state index in [4.69, 9.17) is 11.6 Å².